The number of nitro benzene ring substituents is 1. The van der Waals surface area contributed by atoms with E-state index in [1.54, 1.807) is 12.1 Å². The zero-order chi connectivity index (χ0) is 24.2. The second-order valence-corrected chi connectivity index (χ2v) is 8.67. The van der Waals surface area contributed by atoms with Gasteiger partial charge in [0.05, 0.1) is 17.1 Å². The van der Waals surface area contributed by atoms with Crippen LogP contribution in [0.1, 0.15) is 24.0 Å². The minimum absolute atomic E-state index is 0.0949. The first-order valence-corrected chi connectivity index (χ1v) is 11.5. The Kier molecular flexibility index (Phi) is 9.96. The maximum atomic E-state index is 12.8. The molecule has 0 fully saturated rings. The van der Waals surface area contributed by atoms with Crippen LogP contribution in [0.5, 0.6) is 0 Å². The van der Waals surface area contributed by atoms with Gasteiger partial charge in [0.15, 0.2) is 0 Å². The molecule has 9 nitrogen and oxygen atoms in total. The van der Waals surface area contributed by atoms with Crippen LogP contribution in [0.4, 0.5) is 11.4 Å². The topological polar surface area (TPSA) is 163 Å². The number of carbonyl (C=O) groups excluding carboxylic acids is 2. The average Bonchev–Trinajstić information content (AvgIpc) is 2.79. The lowest BCUT2D eigenvalue weighted by Crippen LogP contribution is -2.22. The summed E-state index contributed by atoms with van der Waals surface area (Å²) >= 11 is 2.71. The molecule has 0 saturated carbocycles. The predicted molar refractivity (Wildman–Crippen MR) is 128 cm³/mol. The van der Waals surface area contributed by atoms with Gasteiger partial charge in [-0.05, 0) is 35.9 Å². The largest absolute Gasteiger partial charge is 0.398 e. The molecule has 0 spiro atoms. The second kappa shape index (κ2) is 12.9. The SMILES string of the molecule is N#CCCSc1cc(/C(=C\c2ccc([N+](=O)[O-])cc2)C(=O)NC=O)c(SCCC#N)cc1N. The molecule has 0 aliphatic rings. The molecule has 0 saturated heterocycles. The number of carbonyl (C=O) groups is 2. The van der Waals surface area contributed by atoms with Crippen LogP contribution in [0.3, 0.4) is 0 Å². The number of nitro groups is 1. The maximum absolute atomic E-state index is 12.8. The van der Waals surface area contributed by atoms with Crippen LogP contribution >= 0.6 is 23.5 Å². The van der Waals surface area contributed by atoms with Gasteiger partial charge in [-0.15, -0.1) is 23.5 Å². The number of nitriles is 2. The molecule has 2 aromatic carbocycles. The average molecular weight is 482 g/mol. The Labute approximate surface area is 198 Å². The van der Waals surface area contributed by atoms with Crippen LogP contribution in [0.25, 0.3) is 11.6 Å². The summed E-state index contributed by atoms with van der Waals surface area (Å²) in [6.45, 7) is 0. The Hall–Kier alpha value is -3.80. The van der Waals surface area contributed by atoms with Crippen molar-refractivity contribution in [3.05, 3.63) is 57.6 Å². The summed E-state index contributed by atoms with van der Waals surface area (Å²) in [7, 11) is 0. The van der Waals surface area contributed by atoms with Gasteiger partial charge in [-0.2, -0.15) is 10.5 Å². The summed E-state index contributed by atoms with van der Waals surface area (Å²) in [5, 5.41) is 30.7. The molecule has 2 amide bonds. The Morgan fingerprint density at radius 1 is 1.09 bits per heavy atom. The van der Waals surface area contributed by atoms with E-state index in [0.717, 1.165) is 0 Å². The van der Waals surface area contributed by atoms with Gasteiger partial charge < -0.3 is 5.73 Å². The van der Waals surface area contributed by atoms with Gasteiger partial charge in [-0.1, -0.05) is 0 Å². The van der Waals surface area contributed by atoms with Gasteiger partial charge in [0.1, 0.15) is 0 Å². The van der Waals surface area contributed by atoms with E-state index >= 15 is 0 Å². The summed E-state index contributed by atoms with van der Waals surface area (Å²) < 4.78 is 0. The van der Waals surface area contributed by atoms with E-state index in [1.807, 2.05) is 0 Å². The minimum Gasteiger partial charge on any atom is -0.398 e. The molecule has 11 heteroatoms. The highest BCUT2D eigenvalue weighted by Crippen LogP contribution is 2.37. The van der Waals surface area contributed by atoms with Crippen molar-refractivity contribution in [1.82, 2.24) is 5.32 Å². The van der Waals surface area contributed by atoms with E-state index in [0.29, 0.717) is 44.5 Å². The summed E-state index contributed by atoms with van der Waals surface area (Å²) in [5.41, 5.74) is 7.71. The molecule has 33 heavy (non-hydrogen) atoms. The Bertz CT molecular complexity index is 1150. The second-order valence-electron chi connectivity index (χ2n) is 6.40. The van der Waals surface area contributed by atoms with Gasteiger partial charge in [-0.25, -0.2) is 0 Å². The number of nitrogens with two attached hydrogens (primary N) is 1. The van der Waals surface area contributed by atoms with E-state index < -0.39 is 10.8 Å². The zero-order valence-corrected chi connectivity index (χ0v) is 18.9. The number of amides is 2. The number of benzene rings is 2. The highest BCUT2D eigenvalue weighted by Gasteiger charge is 2.19. The number of hydrogen-bond acceptors (Lipinski definition) is 9. The molecule has 0 aromatic heterocycles. The molecule has 0 aliphatic carbocycles. The fourth-order valence-corrected chi connectivity index (χ4v) is 4.49. The minimum atomic E-state index is -0.664. The number of nitrogens with one attached hydrogen (secondary N) is 1. The lowest BCUT2D eigenvalue weighted by molar-refractivity contribution is -0.384. The molecule has 3 N–H and O–H groups in total. The quantitative estimate of drug-likeness (QED) is 0.0705. The highest BCUT2D eigenvalue weighted by atomic mass is 32.2. The lowest BCUT2D eigenvalue weighted by atomic mass is 10.0. The van der Waals surface area contributed by atoms with Crippen LogP contribution in [-0.2, 0) is 9.59 Å². The number of nitrogens with zero attached hydrogens (tertiary/aromatic N) is 3. The third-order valence-electron chi connectivity index (χ3n) is 4.19. The van der Waals surface area contributed by atoms with Gasteiger partial charge >= 0.3 is 0 Å². The first kappa shape index (κ1) is 25.5. The Morgan fingerprint density at radius 2 is 1.70 bits per heavy atom. The standard InChI is InChI=1S/C22H19N5O4S2/c23-7-1-9-32-20-13-19(25)21(33-10-2-8-24)12-17(20)18(22(29)26-14-28)11-15-3-5-16(6-4-15)27(30)31/h3-6,11-14H,1-2,9-10,25H2,(H,26,28,29)/b18-11+. The highest BCUT2D eigenvalue weighted by molar-refractivity contribution is 7.99. The number of nitrogen functional groups attached to an aromatic ring is 1. The normalized spacial score (nSPS) is 10.7. The van der Waals surface area contributed by atoms with E-state index in [1.165, 1.54) is 53.9 Å². The monoisotopic (exact) mass is 481 g/mol. The molecule has 0 unspecified atom stereocenters. The third-order valence-corrected chi connectivity index (χ3v) is 6.32. The summed E-state index contributed by atoms with van der Waals surface area (Å²) in [6.07, 6.45) is 2.39. The van der Waals surface area contributed by atoms with E-state index in [-0.39, 0.29) is 24.1 Å². The Morgan fingerprint density at radius 3 is 2.24 bits per heavy atom. The smallest absolute Gasteiger partial charge is 0.269 e. The van der Waals surface area contributed by atoms with Gasteiger partial charge in [0.25, 0.3) is 11.6 Å². The molecule has 2 aromatic rings. The molecule has 2 rings (SSSR count). The third kappa shape index (κ3) is 7.38. The molecule has 0 aliphatic heterocycles. The number of anilines is 1. The summed E-state index contributed by atoms with van der Waals surface area (Å²) in [5.74, 6) is 0.302. The summed E-state index contributed by atoms with van der Waals surface area (Å²) in [6, 6.07) is 13.2. The number of hydrogen-bond donors (Lipinski definition) is 2. The molecule has 0 bridgehead atoms. The van der Waals surface area contributed by atoms with Crippen LogP contribution < -0.4 is 11.1 Å². The van der Waals surface area contributed by atoms with Crippen molar-refractivity contribution < 1.29 is 14.5 Å². The first-order valence-electron chi connectivity index (χ1n) is 9.55. The van der Waals surface area contributed by atoms with Crippen molar-refractivity contribution in [1.29, 1.82) is 10.5 Å². The number of non-ortho nitro benzene ring substituents is 1. The molecular weight excluding hydrogens is 462 g/mol. The van der Waals surface area contributed by atoms with Crippen LogP contribution in [0.2, 0.25) is 0 Å². The van der Waals surface area contributed by atoms with Crippen molar-refractivity contribution in [3.63, 3.8) is 0 Å². The molecule has 0 atom stereocenters. The van der Waals surface area contributed by atoms with Crippen molar-refractivity contribution in [3.8, 4) is 12.1 Å². The van der Waals surface area contributed by atoms with Gasteiger partial charge in [-0.3, -0.25) is 25.0 Å². The van der Waals surface area contributed by atoms with Crippen LogP contribution in [-0.4, -0.2) is 28.7 Å². The van der Waals surface area contributed by atoms with Crippen molar-refractivity contribution in [2.24, 2.45) is 0 Å². The first-order chi connectivity index (χ1) is 15.9. The molecule has 168 valence electrons. The maximum Gasteiger partial charge on any atom is 0.269 e. The van der Waals surface area contributed by atoms with E-state index in [9.17, 15) is 19.7 Å². The van der Waals surface area contributed by atoms with Crippen molar-refractivity contribution >= 4 is 58.9 Å². The lowest BCUT2D eigenvalue weighted by Gasteiger charge is -2.16. The number of imide groups is 1. The van der Waals surface area contributed by atoms with Crippen LogP contribution in [0.15, 0.2) is 46.2 Å². The van der Waals surface area contributed by atoms with Gasteiger partial charge in [0.2, 0.25) is 6.41 Å². The van der Waals surface area contributed by atoms with Crippen LogP contribution in [0, 0.1) is 32.8 Å². The van der Waals surface area contributed by atoms with E-state index in [4.69, 9.17) is 16.3 Å². The van der Waals surface area contributed by atoms with E-state index in [2.05, 4.69) is 17.5 Å². The number of rotatable bonds is 11. The predicted octanol–water partition coefficient (Wildman–Crippen LogP) is 4.00. The summed E-state index contributed by atoms with van der Waals surface area (Å²) in [4.78, 5) is 35.5. The number of thioether (sulfide) groups is 2. The van der Waals surface area contributed by atoms with Crippen molar-refractivity contribution in [2.75, 3.05) is 17.2 Å². The molecular formula is C22H19N5O4S2. The fraction of sp³-hybridized carbons (Fsp3) is 0.182. The molecule has 0 heterocycles. The van der Waals surface area contributed by atoms with Crippen molar-refractivity contribution in [2.45, 2.75) is 22.6 Å². The molecule has 0 radical (unpaired) electrons. The zero-order valence-electron chi connectivity index (χ0n) is 17.3. The fourth-order valence-electron chi connectivity index (χ4n) is 2.70. The Balaban J connectivity index is 2.62. The van der Waals surface area contributed by atoms with Gasteiger partial charge in [0, 0.05) is 63.1 Å².